The minimum atomic E-state index is -0.0681. The second kappa shape index (κ2) is 6.49. The Morgan fingerprint density at radius 1 is 1.12 bits per heavy atom. The summed E-state index contributed by atoms with van der Waals surface area (Å²) in [4.78, 5) is 18.9. The molecular formula is C19H16N4OS. The first-order valence-corrected chi connectivity index (χ1v) is 8.72. The number of thiazole rings is 1. The molecule has 0 fully saturated rings. The standard InChI is InChI=1S/C19H16N4OS/c1-22(13-18-21-16-9-5-6-10-17(16)25-18)19(24)14-11-20-23(12-14)15-7-3-2-4-8-15/h2-12H,13H2,1H3. The average molecular weight is 348 g/mol. The van der Waals surface area contributed by atoms with E-state index in [1.807, 2.05) is 54.6 Å². The highest BCUT2D eigenvalue weighted by Crippen LogP contribution is 2.22. The monoisotopic (exact) mass is 348 g/mol. The fraction of sp³-hybridized carbons (Fsp3) is 0.105. The Morgan fingerprint density at radius 2 is 1.88 bits per heavy atom. The van der Waals surface area contributed by atoms with Crippen LogP contribution in [0.2, 0.25) is 0 Å². The highest BCUT2D eigenvalue weighted by Gasteiger charge is 2.16. The first-order valence-electron chi connectivity index (χ1n) is 7.91. The summed E-state index contributed by atoms with van der Waals surface area (Å²) in [6.07, 6.45) is 3.36. The van der Waals surface area contributed by atoms with Crippen molar-refractivity contribution in [3.05, 3.63) is 77.6 Å². The van der Waals surface area contributed by atoms with Gasteiger partial charge < -0.3 is 4.90 Å². The molecule has 6 heteroatoms. The molecule has 0 aliphatic carbocycles. The topological polar surface area (TPSA) is 51.0 Å². The van der Waals surface area contributed by atoms with E-state index in [1.54, 1.807) is 40.4 Å². The van der Waals surface area contributed by atoms with Crippen molar-refractivity contribution in [2.75, 3.05) is 7.05 Å². The quantitative estimate of drug-likeness (QED) is 0.564. The van der Waals surface area contributed by atoms with Crippen LogP contribution >= 0.6 is 11.3 Å². The van der Waals surface area contributed by atoms with Crippen LogP contribution in [0.3, 0.4) is 0 Å². The predicted octanol–water partition coefficient (Wildman–Crippen LogP) is 3.75. The van der Waals surface area contributed by atoms with E-state index in [4.69, 9.17) is 0 Å². The minimum Gasteiger partial charge on any atom is -0.335 e. The Balaban J connectivity index is 1.51. The van der Waals surface area contributed by atoms with Crippen LogP contribution in [-0.2, 0) is 6.54 Å². The van der Waals surface area contributed by atoms with Gasteiger partial charge >= 0.3 is 0 Å². The van der Waals surface area contributed by atoms with Gasteiger partial charge in [0.15, 0.2) is 0 Å². The molecule has 0 bridgehead atoms. The van der Waals surface area contributed by atoms with Crippen molar-refractivity contribution in [3.8, 4) is 5.69 Å². The zero-order valence-corrected chi connectivity index (χ0v) is 14.5. The zero-order chi connectivity index (χ0) is 17.2. The van der Waals surface area contributed by atoms with Crippen molar-refractivity contribution in [1.82, 2.24) is 19.7 Å². The summed E-state index contributed by atoms with van der Waals surface area (Å²) >= 11 is 1.61. The van der Waals surface area contributed by atoms with Crippen molar-refractivity contribution in [2.45, 2.75) is 6.54 Å². The molecule has 0 saturated carbocycles. The third-order valence-electron chi connectivity index (χ3n) is 3.91. The second-order valence-corrected chi connectivity index (χ2v) is 6.86. The molecule has 0 N–H and O–H groups in total. The summed E-state index contributed by atoms with van der Waals surface area (Å²) in [6.45, 7) is 0.481. The van der Waals surface area contributed by atoms with Gasteiger partial charge in [-0.1, -0.05) is 30.3 Å². The fourth-order valence-corrected chi connectivity index (χ4v) is 3.66. The third-order valence-corrected chi connectivity index (χ3v) is 4.93. The van der Waals surface area contributed by atoms with Gasteiger partial charge in [0.2, 0.25) is 0 Å². The molecule has 124 valence electrons. The van der Waals surface area contributed by atoms with Gasteiger partial charge in [0.25, 0.3) is 5.91 Å². The molecule has 0 atom stereocenters. The molecule has 0 radical (unpaired) electrons. The molecular weight excluding hydrogens is 332 g/mol. The number of nitrogens with zero attached hydrogens (tertiary/aromatic N) is 4. The molecule has 2 aromatic heterocycles. The lowest BCUT2D eigenvalue weighted by atomic mass is 10.3. The van der Waals surface area contributed by atoms with Gasteiger partial charge in [0, 0.05) is 13.2 Å². The van der Waals surface area contributed by atoms with E-state index in [-0.39, 0.29) is 5.91 Å². The van der Waals surface area contributed by atoms with Crippen LogP contribution in [0.4, 0.5) is 0 Å². The molecule has 2 heterocycles. The number of benzene rings is 2. The molecule has 4 aromatic rings. The van der Waals surface area contributed by atoms with Crippen molar-refractivity contribution in [2.24, 2.45) is 0 Å². The molecule has 0 aliphatic heterocycles. The van der Waals surface area contributed by atoms with Crippen molar-refractivity contribution in [3.63, 3.8) is 0 Å². The number of carbonyl (C=O) groups is 1. The highest BCUT2D eigenvalue weighted by atomic mass is 32.1. The maximum absolute atomic E-state index is 12.7. The van der Waals surface area contributed by atoms with Gasteiger partial charge in [-0.15, -0.1) is 11.3 Å². The van der Waals surface area contributed by atoms with Crippen LogP contribution in [-0.4, -0.2) is 32.6 Å². The highest BCUT2D eigenvalue weighted by molar-refractivity contribution is 7.18. The van der Waals surface area contributed by atoms with E-state index >= 15 is 0 Å². The fourth-order valence-electron chi connectivity index (χ4n) is 2.64. The molecule has 0 spiro atoms. The van der Waals surface area contributed by atoms with Crippen LogP contribution in [0.5, 0.6) is 0 Å². The lowest BCUT2D eigenvalue weighted by molar-refractivity contribution is 0.0785. The Labute approximate surface area is 149 Å². The number of hydrogen-bond donors (Lipinski definition) is 0. The number of amides is 1. The van der Waals surface area contributed by atoms with Crippen LogP contribution in [0.1, 0.15) is 15.4 Å². The zero-order valence-electron chi connectivity index (χ0n) is 13.7. The molecule has 4 rings (SSSR count). The van der Waals surface area contributed by atoms with E-state index in [0.29, 0.717) is 12.1 Å². The lowest BCUT2D eigenvalue weighted by Gasteiger charge is -2.14. The summed E-state index contributed by atoms with van der Waals surface area (Å²) in [5, 5.41) is 5.21. The van der Waals surface area contributed by atoms with E-state index in [2.05, 4.69) is 10.1 Å². The smallest absolute Gasteiger partial charge is 0.257 e. The van der Waals surface area contributed by atoms with Crippen molar-refractivity contribution in [1.29, 1.82) is 0 Å². The Bertz CT molecular complexity index is 989. The molecule has 0 saturated heterocycles. The number of para-hydroxylation sites is 2. The summed E-state index contributed by atoms with van der Waals surface area (Å²) in [7, 11) is 1.79. The van der Waals surface area contributed by atoms with E-state index in [1.165, 1.54) is 0 Å². The molecule has 1 amide bonds. The molecule has 25 heavy (non-hydrogen) atoms. The lowest BCUT2D eigenvalue weighted by Crippen LogP contribution is -2.25. The minimum absolute atomic E-state index is 0.0681. The molecule has 0 aliphatic rings. The second-order valence-electron chi connectivity index (χ2n) is 5.75. The average Bonchev–Trinajstić information content (AvgIpc) is 3.28. The van der Waals surface area contributed by atoms with E-state index < -0.39 is 0 Å². The summed E-state index contributed by atoms with van der Waals surface area (Å²) in [6, 6.07) is 17.7. The third kappa shape index (κ3) is 3.16. The van der Waals surface area contributed by atoms with Gasteiger partial charge in [0.05, 0.1) is 34.2 Å². The normalized spacial score (nSPS) is 10.9. The Hall–Kier alpha value is -2.99. The van der Waals surface area contributed by atoms with Gasteiger partial charge in [-0.25, -0.2) is 9.67 Å². The van der Waals surface area contributed by atoms with Gasteiger partial charge in [-0.3, -0.25) is 4.79 Å². The predicted molar refractivity (Wildman–Crippen MR) is 99.0 cm³/mol. The van der Waals surface area contributed by atoms with Crippen molar-refractivity contribution >= 4 is 27.5 Å². The van der Waals surface area contributed by atoms with Crippen molar-refractivity contribution < 1.29 is 4.79 Å². The number of carbonyl (C=O) groups excluding carboxylic acids is 1. The largest absolute Gasteiger partial charge is 0.335 e. The van der Waals surface area contributed by atoms with Crippen LogP contribution in [0, 0.1) is 0 Å². The maximum atomic E-state index is 12.7. The van der Waals surface area contributed by atoms with E-state index in [0.717, 1.165) is 20.9 Å². The summed E-state index contributed by atoms with van der Waals surface area (Å²) in [5.74, 6) is -0.0681. The van der Waals surface area contributed by atoms with Gasteiger partial charge in [0.1, 0.15) is 5.01 Å². The van der Waals surface area contributed by atoms with Gasteiger partial charge in [-0.05, 0) is 24.3 Å². The molecule has 2 aromatic carbocycles. The SMILES string of the molecule is CN(Cc1nc2ccccc2s1)C(=O)c1cnn(-c2ccccc2)c1. The number of rotatable bonds is 4. The number of hydrogen-bond acceptors (Lipinski definition) is 4. The maximum Gasteiger partial charge on any atom is 0.257 e. The Kier molecular flexibility index (Phi) is 4.03. The van der Waals surface area contributed by atoms with Crippen LogP contribution in [0.25, 0.3) is 15.9 Å². The van der Waals surface area contributed by atoms with E-state index in [9.17, 15) is 4.79 Å². The first kappa shape index (κ1) is 15.5. The number of fused-ring (bicyclic) bond motifs is 1. The van der Waals surface area contributed by atoms with Crippen LogP contribution in [0.15, 0.2) is 67.0 Å². The summed E-state index contributed by atoms with van der Waals surface area (Å²) in [5.41, 5.74) is 2.46. The summed E-state index contributed by atoms with van der Waals surface area (Å²) < 4.78 is 2.84. The Morgan fingerprint density at radius 3 is 2.68 bits per heavy atom. The number of aromatic nitrogens is 3. The first-order chi connectivity index (χ1) is 12.2. The molecule has 0 unspecified atom stereocenters. The van der Waals surface area contributed by atoms with Crippen LogP contribution < -0.4 is 0 Å². The molecule has 5 nitrogen and oxygen atoms in total. The van der Waals surface area contributed by atoms with Gasteiger partial charge in [-0.2, -0.15) is 5.10 Å².